The number of rotatable bonds is 0. The van der Waals surface area contributed by atoms with Crippen molar-refractivity contribution in [1.82, 2.24) is 0 Å². The fourth-order valence-electron chi connectivity index (χ4n) is 2.13. The first kappa shape index (κ1) is 10.5. The van der Waals surface area contributed by atoms with E-state index >= 15 is 0 Å². The maximum absolute atomic E-state index is 6.12. The molecule has 1 aromatic rings. The van der Waals surface area contributed by atoms with Crippen LogP contribution < -0.4 is 4.74 Å². The highest BCUT2D eigenvalue weighted by Crippen LogP contribution is 2.33. The first-order chi connectivity index (χ1) is 7.07. The average molecular weight is 204 g/mol. The summed E-state index contributed by atoms with van der Waals surface area (Å²) in [4.78, 5) is 0. The van der Waals surface area contributed by atoms with Gasteiger partial charge in [-0.3, -0.25) is 0 Å². The summed E-state index contributed by atoms with van der Waals surface area (Å²) < 4.78 is 6.12. The van der Waals surface area contributed by atoms with Gasteiger partial charge in [0, 0.05) is 0 Å². The van der Waals surface area contributed by atoms with Crippen LogP contribution in [0.4, 0.5) is 0 Å². The predicted molar refractivity (Wildman–Crippen MR) is 63.3 cm³/mol. The minimum absolute atomic E-state index is 0.234. The molecule has 1 aliphatic rings. The highest BCUT2D eigenvalue weighted by molar-refractivity contribution is 5.34. The van der Waals surface area contributed by atoms with Crippen LogP contribution in [0.1, 0.15) is 39.2 Å². The third-order valence-corrected chi connectivity index (χ3v) is 3.12. The average Bonchev–Trinajstić information content (AvgIpc) is 2.38. The van der Waals surface area contributed by atoms with Gasteiger partial charge in [0.15, 0.2) is 0 Å². The molecule has 1 heterocycles. The third kappa shape index (κ3) is 2.34. The van der Waals surface area contributed by atoms with Crippen molar-refractivity contribution in [3.63, 3.8) is 0 Å². The second-order valence-electron chi connectivity index (χ2n) is 5.47. The van der Waals surface area contributed by atoms with Crippen LogP contribution in [0.15, 0.2) is 24.3 Å². The molecule has 0 aromatic heterocycles. The second-order valence-corrected chi connectivity index (χ2v) is 5.47. The first-order valence-electron chi connectivity index (χ1n) is 5.82. The molecule has 0 N–H and O–H groups in total. The smallest absolute Gasteiger partial charge is 0.122 e. The summed E-state index contributed by atoms with van der Waals surface area (Å²) in [6.07, 6.45) is 3.90. The van der Waals surface area contributed by atoms with Crippen molar-refractivity contribution >= 4 is 0 Å². The standard InChI is InChI=1S/C14H20O/c1-14(2,3)13-10-6-8-11-7-4-5-9-12(11)15-13/h4-5,7,9,13H,6,8,10H2,1-3H3. The lowest BCUT2D eigenvalue weighted by Crippen LogP contribution is -2.31. The number of aryl methyl sites for hydroxylation is 1. The zero-order valence-corrected chi connectivity index (χ0v) is 9.92. The molecule has 0 aliphatic carbocycles. The maximum atomic E-state index is 6.12. The highest BCUT2D eigenvalue weighted by Gasteiger charge is 2.28. The van der Waals surface area contributed by atoms with Crippen molar-refractivity contribution in [2.45, 2.75) is 46.1 Å². The first-order valence-corrected chi connectivity index (χ1v) is 5.82. The number of benzene rings is 1. The summed E-state index contributed by atoms with van der Waals surface area (Å²) >= 11 is 0. The van der Waals surface area contributed by atoms with Gasteiger partial charge in [0.2, 0.25) is 0 Å². The lowest BCUT2D eigenvalue weighted by atomic mass is 9.86. The molecular formula is C14H20O. The third-order valence-electron chi connectivity index (χ3n) is 3.12. The summed E-state index contributed by atoms with van der Waals surface area (Å²) in [5.74, 6) is 1.09. The molecule has 0 bridgehead atoms. The molecule has 0 spiro atoms. The van der Waals surface area contributed by atoms with E-state index in [1.165, 1.54) is 12.0 Å². The monoisotopic (exact) mass is 204 g/mol. The van der Waals surface area contributed by atoms with Crippen molar-refractivity contribution in [2.24, 2.45) is 5.41 Å². The van der Waals surface area contributed by atoms with E-state index in [1.807, 2.05) is 0 Å². The van der Waals surface area contributed by atoms with Crippen LogP contribution in [-0.2, 0) is 6.42 Å². The molecule has 1 heteroatoms. The van der Waals surface area contributed by atoms with E-state index in [-0.39, 0.29) is 5.41 Å². The Morgan fingerprint density at radius 1 is 1.20 bits per heavy atom. The molecule has 15 heavy (non-hydrogen) atoms. The van der Waals surface area contributed by atoms with Crippen molar-refractivity contribution < 1.29 is 4.74 Å². The van der Waals surface area contributed by atoms with Crippen molar-refractivity contribution in [2.75, 3.05) is 0 Å². The van der Waals surface area contributed by atoms with E-state index in [0.717, 1.165) is 18.6 Å². The lowest BCUT2D eigenvalue weighted by molar-refractivity contribution is 0.0819. The molecule has 2 rings (SSSR count). The van der Waals surface area contributed by atoms with E-state index in [2.05, 4.69) is 45.0 Å². The Balaban J connectivity index is 2.25. The second kappa shape index (κ2) is 3.88. The van der Waals surface area contributed by atoms with Crippen molar-refractivity contribution in [1.29, 1.82) is 0 Å². The number of hydrogen-bond acceptors (Lipinski definition) is 1. The summed E-state index contributed by atoms with van der Waals surface area (Å²) in [5.41, 5.74) is 1.60. The van der Waals surface area contributed by atoms with E-state index < -0.39 is 0 Å². The Morgan fingerprint density at radius 3 is 2.67 bits per heavy atom. The molecule has 0 amide bonds. The van der Waals surface area contributed by atoms with Crippen LogP contribution in [0, 0.1) is 5.41 Å². The largest absolute Gasteiger partial charge is 0.490 e. The van der Waals surface area contributed by atoms with Gasteiger partial charge >= 0.3 is 0 Å². The van der Waals surface area contributed by atoms with Crippen LogP contribution in [0.5, 0.6) is 5.75 Å². The molecule has 0 radical (unpaired) electrons. The van der Waals surface area contributed by atoms with Crippen LogP contribution in [0.25, 0.3) is 0 Å². The van der Waals surface area contributed by atoms with E-state index in [9.17, 15) is 0 Å². The van der Waals surface area contributed by atoms with Gasteiger partial charge in [-0.25, -0.2) is 0 Å². The molecule has 0 saturated heterocycles. The van der Waals surface area contributed by atoms with Crippen LogP contribution >= 0.6 is 0 Å². The van der Waals surface area contributed by atoms with Gasteiger partial charge < -0.3 is 4.74 Å². The van der Waals surface area contributed by atoms with Gasteiger partial charge in [0.05, 0.1) is 0 Å². The number of para-hydroxylation sites is 1. The normalized spacial score (nSPS) is 21.4. The Hall–Kier alpha value is -0.980. The molecule has 1 atom stereocenters. The minimum Gasteiger partial charge on any atom is -0.490 e. The number of ether oxygens (including phenoxy) is 1. The minimum atomic E-state index is 0.234. The van der Waals surface area contributed by atoms with Gasteiger partial charge in [-0.2, -0.15) is 0 Å². The molecule has 0 fully saturated rings. The van der Waals surface area contributed by atoms with Gasteiger partial charge in [-0.05, 0) is 36.3 Å². The topological polar surface area (TPSA) is 9.23 Å². The van der Waals surface area contributed by atoms with Gasteiger partial charge in [0.25, 0.3) is 0 Å². The maximum Gasteiger partial charge on any atom is 0.122 e. The molecule has 1 aliphatic heterocycles. The number of hydrogen-bond donors (Lipinski definition) is 0. The Morgan fingerprint density at radius 2 is 1.93 bits per heavy atom. The molecule has 0 saturated carbocycles. The Bertz CT molecular complexity index is 335. The van der Waals surface area contributed by atoms with Gasteiger partial charge in [0.1, 0.15) is 11.9 Å². The lowest BCUT2D eigenvalue weighted by Gasteiger charge is -2.30. The predicted octanol–water partition coefficient (Wildman–Crippen LogP) is 3.82. The van der Waals surface area contributed by atoms with E-state index in [0.29, 0.717) is 6.10 Å². The Labute approximate surface area is 92.5 Å². The van der Waals surface area contributed by atoms with Gasteiger partial charge in [-0.1, -0.05) is 39.0 Å². The fraction of sp³-hybridized carbons (Fsp3) is 0.571. The molecule has 1 nitrogen and oxygen atoms in total. The molecule has 82 valence electrons. The highest BCUT2D eigenvalue weighted by atomic mass is 16.5. The van der Waals surface area contributed by atoms with Crippen molar-refractivity contribution in [3.8, 4) is 5.75 Å². The molecular weight excluding hydrogens is 184 g/mol. The number of fused-ring (bicyclic) bond motifs is 1. The van der Waals surface area contributed by atoms with Crippen LogP contribution in [-0.4, -0.2) is 6.10 Å². The zero-order valence-electron chi connectivity index (χ0n) is 9.92. The van der Waals surface area contributed by atoms with E-state index in [4.69, 9.17) is 4.74 Å². The molecule has 1 aromatic carbocycles. The van der Waals surface area contributed by atoms with Gasteiger partial charge in [-0.15, -0.1) is 0 Å². The zero-order chi connectivity index (χ0) is 10.9. The molecule has 1 unspecified atom stereocenters. The van der Waals surface area contributed by atoms with Crippen LogP contribution in [0.2, 0.25) is 0 Å². The summed E-state index contributed by atoms with van der Waals surface area (Å²) in [5, 5.41) is 0. The summed E-state index contributed by atoms with van der Waals surface area (Å²) in [6.45, 7) is 6.77. The van der Waals surface area contributed by atoms with Crippen LogP contribution in [0.3, 0.4) is 0 Å². The summed E-state index contributed by atoms with van der Waals surface area (Å²) in [6, 6.07) is 8.43. The fourth-order valence-corrected chi connectivity index (χ4v) is 2.13. The summed E-state index contributed by atoms with van der Waals surface area (Å²) in [7, 11) is 0. The van der Waals surface area contributed by atoms with E-state index in [1.54, 1.807) is 0 Å². The van der Waals surface area contributed by atoms with Crippen molar-refractivity contribution in [3.05, 3.63) is 29.8 Å². The quantitative estimate of drug-likeness (QED) is 0.624. The SMILES string of the molecule is CC(C)(C)C1CCCc2ccccc2O1. The Kier molecular flexibility index (Phi) is 2.72.